The van der Waals surface area contributed by atoms with E-state index in [9.17, 15) is 0 Å². The van der Waals surface area contributed by atoms with Crippen LogP contribution in [0.4, 0.5) is 0 Å². The molecule has 2 atom stereocenters. The van der Waals surface area contributed by atoms with Gasteiger partial charge in [-0.15, -0.1) is 0 Å². The molecule has 1 aliphatic carbocycles. The molecule has 2 unspecified atom stereocenters. The molecule has 2 fully saturated rings. The summed E-state index contributed by atoms with van der Waals surface area (Å²) in [6, 6.07) is 0.763. The molecule has 2 aliphatic rings. The molecule has 0 aromatic carbocycles. The highest BCUT2D eigenvalue weighted by molar-refractivity contribution is 4.77. The smallest absolute Gasteiger partial charge is 0.0594 e. The van der Waals surface area contributed by atoms with Gasteiger partial charge in [0.15, 0.2) is 0 Å². The lowest BCUT2D eigenvalue weighted by Gasteiger charge is -2.28. The molecule has 3 heteroatoms. The summed E-state index contributed by atoms with van der Waals surface area (Å²) in [6.07, 6.45) is 7.08. The van der Waals surface area contributed by atoms with E-state index in [0.29, 0.717) is 0 Å². The van der Waals surface area contributed by atoms with Gasteiger partial charge in [-0.1, -0.05) is 26.2 Å². The van der Waals surface area contributed by atoms with Crippen LogP contribution < -0.4 is 5.32 Å². The lowest BCUT2D eigenvalue weighted by Crippen LogP contribution is -2.43. The molecular weight excluding hydrogens is 212 g/mol. The first-order valence-electron chi connectivity index (χ1n) is 7.40. The third kappa shape index (κ3) is 4.57. The van der Waals surface area contributed by atoms with E-state index in [0.717, 1.165) is 44.8 Å². The second-order valence-electron chi connectivity index (χ2n) is 5.63. The highest BCUT2D eigenvalue weighted by Crippen LogP contribution is 2.22. The van der Waals surface area contributed by atoms with Crippen LogP contribution in [0.25, 0.3) is 0 Å². The first kappa shape index (κ1) is 13.3. The van der Waals surface area contributed by atoms with Gasteiger partial charge in [0.05, 0.1) is 13.2 Å². The van der Waals surface area contributed by atoms with Crippen LogP contribution in [-0.2, 0) is 4.74 Å². The predicted molar refractivity (Wildman–Crippen MR) is 71.3 cm³/mol. The molecule has 0 spiro atoms. The number of nitrogens with zero attached hydrogens (tertiary/aromatic N) is 1. The molecule has 0 aromatic rings. The van der Waals surface area contributed by atoms with E-state index in [2.05, 4.69) is 17.1 Å². The van der Waals surface area contributed by atoms with E-state index in [4.69, 9.17) is 4.74 Å². The quantitative estimate of drug-likeness (QED) is 0.759. The van der Waals surface area contributed by atoms with E-state index in [-0.39, 0.29) is 0 Å². The van der Waals surface area contributed by atoms with Crippen LogP contribution in [0.3, 0.4) is 0 Å². The molecule has 1 heterocycles. The van der Waals surface area contributed by atoms with E-state index in [1.807, 2.05) is 0 Å². The summed E-state index contributed by atoms with van der Waals surface area (Å²) in [5.41, 5.74) is 0. The van der Waals surface area contributed by atoms with Crippen LogP contribution in [0.5, 0.6) is 0 Å². The zero-order chi connectivity index (χ0) is 11.9. The van der Waals surface area contributed by atoms with Crippen molar-refractivity contribution in [3.8, 4) is 0 Å². The van der Waals surface area contributed by atoms with Gasteiger partial charge in [-0.05, 0) is 18.8 Å². The molecule has 0 aromatic heterocycles. The number of morpholine rings is 1. The molecule has 0 radical (unpaired) electrons. The summed E-state index contributed by atoms with van der Waals surface area (Å²) in [5, 5.41) is 3.78. The maximum Gasteiger partial charge on any atom is 0.0594 e. The number of hydrogen-bond acceptors (Lipinski definition) is 3. The molecule has 17 heavy (non-hydrogen) atoms. The third-order valence-electron chi connectivity index (χ3n) is 4.30. The molecule has 1 saturated heterocycles. The van der Waals surface area contributed by atoms with Crippen molar-refractivity contribution in [3.63, 3.8) is 0 Å². The van der Waals surface area contributed by atoms with Gasteiger partial charge in [-0.25, -0.2) is 0 Å². The molecule has 100 valence electrons. The van der Waals surface area contributed by atoms with Crippen molar-refractivity contribution in [1.82, 2.24) is 10.2 Å². The molecular formula is C14H28N2O. The SMILES string of the molecule is CC1CCCCCC1NCCN1CCOCC1. The average Bonchev–Trinajstić information content (AvgIpc) is 2.56. The van der Waals surface area contributed by atoms with E-state index < -0.39 is 0 Å². The minimum atomic E-state index is 0.763. The van der Waals surface area contributed by atoms with Gasteiger partial charge in [-0.2, -0.15) is 0 Å². The van der Waals surface area contributed by atoms with Crippen molar-refractivity contribution in [1.29, 1.82) is 0 Å². The molecule has 1 aliphatic heterocycles. The van der Waals surface area contributed by atoms with E-state index in [1.54, 1.807) is 0 Å². The van der Waals surface area contributed by atoms with Crippen molar-refractivity contribution in [2.75, 3.05) is 39.4 Å². The minimum absolute atomic E-state index is 0.763. The fraction of sp³-hybridized carbons (Fsp3) is 1.00. The fourth-order valence-corrected chi connectivity index (χ4v) is 3.03. The zero-order valence-corrected chi connectivity index (χ0v) is 11.3. The summed E-state index contributed by atoms with van der Waals surface area (Å²) < 4.78 is 5.37. The Bertz CT molecular complexity index is 204. The Hall–Kier alpha value is -0.120. The van der Waals surface area contributed by atoms with Gasteiger partial charge in [-0.3, -0.25) is 4.90 Å². The zero-order valence-electron chi connectivity index (χ0n) is 11.3. The van der Waals surface area contributed by atoms with Crippen LogP contribution in [0, 0.1) is 5.92 Å². The van der Waals surface area contributed by atoms with Gasteiger partial charge < -0.3 is 10.1 Å². The first-order valence-corrected chi connectivity index (χ1v) is 7.40. The second kappa shape index (κ2) is 7.34. The van der Waals surface area contributed by atoms with Crippen LogP contribution >= 0.6 is 0 Å². The molecule has 3 nitrogen and oxygen atoms in total. The average molecular weight is 240 g/mol. The maximum absolute atomic E-state index is 5.37. The Kier molecular flexibility index (Phi) is 5.75. The van der Waals surface area contributed by atoms with Crippen molar-refractivity contribution >= 4 is 0 Å². The number of hydrogen-bond donors (Lipinski definition) is 1. The molecule has 0 bridgehead atoms. The molecule has 0 amide bonds. The molecule has 2 rings (SSSR count). The van der Waals surface area contributed by atoms with Crippen molar-refractivity contribution < 1.29 is 4.74 Å². The largest absolute Gasteiger partial charge is 0.379 e. The molecule has 1 N–H and O–H groups in total. The summed E-state index contributed by atoms with van der Waals surface area (Å²) in [5.74, 6) is 0.863. The van der Waals surface area contributed by atoms with Crippen LogP contribution in [-0.4, -0.2) is 50.3 Å². The fourth-order valence-electron chi connectivity index (χ4n) is 3.03. The minimum Gasteiger partial charge on any atom is -0.379 e. The van der Waals surface area contributed by atoms with E-state index in [1.165, 1.54) is 38.6 Å². The van der Waals surface area contributed by atoms with Crippen LogP contribution in [0.15, 0.2) is 0 Å². The Morgan fingerprint density at radius 2 is 1.88 bits per heavy atom. The lowest BCUT2D eigenvalue weighted by molar-refractivity contribution is 0.0379. The normalized spacial score (nSPS) is 32.3. The standard InChI is InChI=1S/C14H28N2O/c1-13-5-3-2-4-6-14(13)15-7-8-16-9-11-17-12-10-16/h13-15H,2-12H2,1H3. The lowest BCUT2D eigenvalue weighted by atomic mass is 9.97. The Balaban J connectivity index is 1.62. The summed E-state index contributed by atoms with van der Waals surface area (Å²) in [7, 11) is 0. The number of nitrogens with one attached hydrogen (secondary N) is 1. The highest BCUT2D eigenvalue weighted by atomic mass is 16.5. The second-order valence-corrected chi connectivity index (χ2v) is 5.63. The Morgan fingerprint density at radius 1 is 1.12 bits per heavy atom. The number of rotatable bonds is 4. The van der Waals surface area contributed by atoms with Crippen molar-refractivity contribution in [3.05, 3.63) is 0 Å². The van der Waals surface area contributed by atoms with Crippen LogP contribution in [0.2, 0.25) is 0 Å². The van der Waals surface area contributed by atoms with Gasteiger partial charge in [0.25, 0.3) is 0 Å². The van der Waals surface area contributed by atoms with E-state index >= 15 is 0 Å². The van der Waals surface area contributed by atoms with Gasteiger partial charge in [0.2, 0.25) is 0 Å². The third-order valence-corrected chi connectivity index (χ3v) is 4.30. The number of ether oxygens (including phenoxy) is 1. The summed E-state index contributed by atoms with van der Waals surface area (Å²) in [4.78, 5) is 2.51. The Morgan fingerprint density at radius 3 is 2.71 bits per heavy atom. The van der Waals surface area contributed by atoms with Gasteiger partial charge in [0, 0.05) is 32.2 Å². The van der Waals surface area contributed by atoms with Crippen molar-refractivity contribution in [2.45, 2.75) is 45.1 Å². The van der Waals surface area contributed by atoms with Gasteiger partial charge >= 0.3 is 0 Å². The topological polar surface area (TPSA) is 24.5 Å². The van der Waals surface area contributed by atoms with Crippen molar-refractivity contribution in [2.24, 2.45) is 5.92 Å². The monoisotopic (exact) mass is 240 g/mol. The Labute approximate surface area is 106 Å². The summed E-state index contributed by atoms with van der Waals surface area (Å²) >= 11 is 0. The van der Waals surface area contributed by atoms with Gasteiger partial charge in [0.1, 0.15) is 0 Å². The predicted octanol–water partition coefficient (Wildman–Crippen LogP) is 1.88. The molecule has 1 saturated carbocycles. The first-order chi connectivity index (χ1) is 8.36. The maximum atomic E-state index is 5.37. The summed E-state index contributed by atoms with van der Waals surface area (Å²) in [6.45, 7) is 8.81. The highest BCUT2D eigenvalue weighted by Gasteiger charge is 2.19. The van der Waals surface area contributed by atoms with Crippen LogP contribution in [0.1, 0.15) is 39.0 Å².